The first kappa shape index (κ1) is 17.3. The number of hydrogen-bond donors (Lipinski definition) is 1. The van der Waals surface area contributed by atoms with E-state index in [-0.39, 0.29) is 18.6 Å². The number of benzene rings is 1. The van der Waals surface area contributed by atoms with Gasteiger partial charge >= 0.3 is 0 Å². The summed E-state index contributed by atoms with van der Waals surface area (Å²) in [4.78, 5) is 12.5. The lowest BCUT2D eigenvalue weighted by Gasteiger charge is -2.22. The van der Waals surface area contributed by atoms with Gasteiger partial charge in [-0.05, 0) is 44.0 Å². The molecule has 6 nitrogen and oxygen atoms in total. The first-order chi connectivity index (χ1) is 12.2. The second kappa shape index (κ2) is 8.05. The minimum absolute atomic E-state index is 0.183. The number of hydrogen-bond acceptors (Lipinski definition) is 5. The van der Waals surface area contributed by atoms with E-state index in [0.717, 1.165) is 31.4 Å². The van der Waals surface area contributed by atoms with E-state index in [1.54, 1.807) is 14.0 Å². The van der Waals surface area contributed by atoms with Crippen molar-refractivity contribution in [1.82, 2.24) is 10.5 Å². The second-order valence-electron chi connectivity index (χ2n) is 6.34. The Morgan fingerprint density at radius 1 is 1.20 bits per heavy atom. The average Bonchev–Trinajstić information content (AvgIpc) is 3.02. The molecular weight excluding hydrogens is 320 g/mol. The summed E-state index contributed by atoms with van der Waals surface area (Å²) in [5, 5.41) is 7.00. The van der Waals surface area contributed by atoms with Gasteiger partial charge in [0.1, 0.15) is 23.9 Å². The van der Waals surface area contributed by atoms with Crippen molar-refractivity contribution in [1.29, 1.82) is 0 Å². The van der Waals surface area contributed by atoms with Gasteiger partial charge in [-0.2, -0.15) is 0 Å². The van der Waals surface area contributed by atoms with E-state index in [0.29, 0.717) is 22.8 Å². The van der Waals surface area contributed by atoms with Gasteiger partial charge in [0.2, 0.25) is 0 Å². The molecule has 1 aliphatic rings. The van der Waals surface area contributed by atoms with E-state index in [4.69, 9.17) is 14.0 Å². The molecule has 1 aromatic heterocycles. The molecule has 2 aromatic rings. The average molecular weight is 344 g/mol. The molecular formula is C19H24N2O4. The number of nitrogens with one attached hydrogen (secondary N) is 1. The number of carbonyl (C=O) groups is 1. The lowest BCUT2D eigenvalue weighted by atomic mass is 9.95. The van der Waals surface area contributed by atoms with Gasteiger partial charge in [-0.15, -0.1) is 0 Å². The highest BCUT2D eigenvalue weighted by atomic mass is 16.5. The standard InChI is InChI=1S/C19H24N2O4/c1-13-17(12-24-16-10-8-15(23-2)9-11-16)18(21-25-13)19(22)20-14-6-4-3-5-7-14/h8-11,14H,3-7,12H2,1-2H3,(H,20,22). The summed E-state index contributed by atoms with van der Waals surface area (Å²) < 4.78 is 16.1. The van der Waals surface area contributed by atoms with Gasteiger partial charge in [0, 0.05) is 6.04 Å². The third-order valence-electron chi connectivity index (χ3n) is 4.58. The predicted octanol–water partition coefficient (Wildman–Crippen LogP) is 3.63. The Hall–Kier alpha value is -2.50. The largest absolute Gasteiger partial charge is 0.497 e. The Bertz CT molecular complexity index is 703. The summed E-state index contributed by atoms with van der Waals surface area (Å²) in [7, 11) is 1.62. The van der Waals surface area contributed by atoms with E-state index in [2.05, 4.69) is 10.5 Å². The molecule has 0 radical (unpaired) electrons. The highest BCUT2D eigenvalue weighted by Crippen LogP contribution is 2.22. The van der Waals surface area contributed by atoms with Crippen LogP contribution in [0.3, 0.4) is 0 Å². The van der Waals surface area contributed by atoms with Crippen molar-refractivity contribution in [3.63, 3.8) is 0 Å². The number of nitrogens with zero attached hydrogens (tertiary/aromatic N) is 1. The fourth-order valence-corrected chi connectivity index (χ4v) is 3.07. The summed E-state index contributed by atoms with van der Waals surface area (Å²) >= 11 is 0. The summed E-state index contributed by atoms with van der Waals surface area (Å²) in [5.41, 5.74) is 1.00. The van der Waals surface area contributed by atoms with E-state index in [1.165, 1.54) is 6.42 Å². The van der Waals surface area contributed by atoms with Crippen LogP contribution in [-0.2, 0) is 6.61 Å². The molecule has 1 aliphatic carbocycles. The lowest BCUT2D eigenvalue weighted by molar-refractivity contribution is 0.0916. The van der Waals surface area contributed by atoms with Crippen LogP contribution in [0.25, 0.3) is 0 Å². The van der Waals surface area contributed by atoms with Crippen LogP contribution in [0.1, 0.15) is 53.9 Å². The maximum Gasteiger partial charge on any atom is 0.274 e. The zero-order valence-electron chi connectivity index (χ0n) is 14.7. The minimum Gasteiger partial charge on any atom is -0.497 e. The van der Waals surface area contributed by atoms with Gasteiger partial charge in [-0.1, -0.05) is 24.4 Å². The van der Waals surface area contributed by atoms with Crippen LogP contribution in [-0.4, -0.2) is 24.2 Å². The molecule has 0 bridgehead atoms. The minimum atomic E-state index is -0.183. The fourth-order valence-electron chi connectivity index (χ4n) is 3.07. The Labute approximate surface area is 147 Å². The molecule has 0 saturated heterocycles. The van der Waals surface area contributed by atoms with Crippen molar-refractivity contribution < 1.29 is 18.8 Å². The number of aromatic nitrogens is 1. The normalized spacial score (nSPS) is 15.0. The van der Waals surface area contributed by atoms with E-state index in [1.807, 2.05) is 24.3 Å². The number of methoxy groups -OCH3 is 1. The number of rotatable bonds is 6. The van der Waals surface area contributed by atoms with Crippen molar-refractivity contribution in [2.24, 2.45) is 0 Å². The van der Waals surface area contributed by atoms with E-state index in [9.17, 15) is 4.79 Å². The summed E-state index contributed by atoms with van der Waals surface area (Å²) in [6.45, 7) is 2.02. The number of amides is 1. The molecule has 134 valence electrons. The van der Waals surface area contributed by atoms with Gasteiger partial charge in [0.25, 0.3) is 5.91 Å². The first-order valence-electron chi connectivity index (χ1n) is 8.70. The van der Waals surface area contributed by atoms with Crippen LogP contribution in [0.5, 0.6) is 11.5 Å². The SMILES string of the molecule is COc1ccc(OCc2c(C(=O)NC3CCCCC3)noc2C)cc1. The maximum atomic E-state index is 12.5. The molecule has 0 unspecified atom stereocenters. The monoisotopic (exact) mass is 344 g/mol. The van der Waals surface area contributed by atoms with Crippen molar-refractivity contribution in [2.45, 2.75) is 51.7 Å². The zero-order chi connectivity index (χ0) is 17.6. The van der Waals surface area contributed by atoms with E-state index < -0.39 is 0 Å². The number of aryl methyl sites for hydroxylation is 1. The highest BCUT2D eigenvalue weighted by Gasteiger charge is 2.23. The molecule has 25 heavy (non-hydrogen) atoms. The van der Waals surface area contributed by atoms with E-state index >= 15 is 0 Å². The molecule has 0 spiro atoms. The topological polar surface area (TPSA) is 73.6 Å². The molecule has 1 amide bonds. The van der Waals surface area contributed by atoms with Crippen molar-refractivity contribution in [3.8, 4) is 11.5 Å². The van der Waals surface area contributed by atoms with Crippen molar-refractivity contribution >= 4 is 5.91 Å². The first-order valence-corrected chi connectivity index (χ1v) is 8.70. The van der Waals surface area contributed by atoms with Crippen LogP contribution in [0.2, 0.25) is 0 Å². The summed E-state index contributed by atoms with van der Waals surface area (Å²) in [5.74, 6) is 1.88. The number of ether oxygens (including phenoxy) is 2. The third kappa shape index (κ3) is 4.32. The molecule has 1 aromatic carbocycles. The Balaban J connectivity index is 1.64. The maximum absolute atomic E-state index is 12.5. The Morgan fingerprint density at radius 2 is 1.88 bits per heavy atom. The Morgan fingerprint density at radius 3 is 2.56 bits per heavy atom. The fraction of sp³-hybridized carbons (Fsp3) is 0.474. The summed E-state index contributed by atoms with van der Waals surface area (Å²) in [6.07, 6.45) is 5.63. The predicted molar refractivity (Wildman–Crippen MR) is 92.9 cm³/mol. The molecule has 0 aliphatic heterocycles. The molecule has 1 fully saturated rings. The van der Waals surface area contributed by atoms with Crippen LogP contribution in [0, 0.1) is 6.92 Å². The molecule has 0 atom stereocenters. The van der Waals surface area contributed by atoms with Gasteiger partial charge in [-0.25, -0.2) is 0 Å². The molecule has 1 heterocycles. The molecule has 3 rings (SSSR count). The van der Waals surface area contributed by atoms with Gasteiger partial charge < -0.3 is 19.3 Å². The third-order valence-corrected chi connectivity index (χ3v) is 4.58. The number of carbonyl (C=O) groups excluding carboxylic acids is 1. The second-order valence-corrected chi connectivity index (χ2v) is 6.34. The van der Waals surface area contributed by atoms with Gasteiger partial charge in [-0.3, -0.25) is 4.79 Å². The highest BCUT2D eigenvalue weighted by molar-refractivity contribution is 5.94. The van der Waals surface area contributed by atoms with Crippen LogP contribution in [0.4, 0.5) is 0 Å². The smallest absolute Gasteiger partial charge is 0.274 e. The van der Waals surface area contributed by atoms with Gasteiger partial charge in [0.15, 0.2) is 5.69 Å². The molecule has 6 heteroatoms. The van der Waals surface area contributed by atoms with Crippen LogP contribution in [0.15, 0.2) is 28.8 Å². The quantitative estimate of drug-likeness (QED) is 0.866. The lowest BCUT2D eigenvalue weighted by Crippen LogP contribution is -2.36. The van der Waals surface area contributed by atoms with Crippen LogP contribution >= 0.6 is 0 Å². The van der Waals surface area contributed by atoms with Gasteiger partial charge in [0.05, 0.1) is 12.7 Å². The molecule has 1 N–H and O–H groups in total. The molecule has 1 saturated carbocycles. The summed E-state index contributed by atoms with van der Waals surface area (Å²) in [6, 6.07) is 7.53. The van der Waals surface area contributed by atoms with Crippen molar-refractivity contribution in [2.75, 3.05) is 7.11 Å². The Kier molecular flexibility index (Phi) is 5.58. The van der Waals surface area contributed by atoms with Crippen LogP contribution < -0.4 is 14.8 Å². The zero-order valence-corrected chi connectivity index (χ0v) is 14.7. The van der Waals surface area contributed by atoms with Crippen molar-refractivity contribution in [3.05, 3.63) is 41.3 Å².